The van der Waals surface area contributed by atoms with E-state index in [0.29, 0.717) is 11.5 Å². The van der Waals surface area contributed by atoms with Crippen LogP contribution in [0.1, 0.15) is 49.3 Å². The lowest BCUT2D eigenvalue weighted by atomic mass is 9.80. The molecule has 0 aliphatic carbocycles. The van der Waals surface area contributed by atoms with Gasteiger partial charge in [-0.15, -0.1) is 0 Å². The highest BCUT2D eigenvalue weighted by atomic mass is 16.2. The Balaban J connectivity index is 1.94. The summed E-state index contributed by atoms with van der Waals surface area (Å²) in [6.45, 7) is 6.20. The second-order valence-corrected chi connectivity index (χ2v) is 7.60. The van der Waals surface area contributed by atoms with Crippen molar-refractivity contribution in [3.8, 4) is 0 Å². The van der Waals surface area contributed by atoms with E-state index in [2.05, 4.69) is 24.2 Å². The predicted octanol–water partition coefficient (Wildman–Crippen LogP) is 4.22. The number of anilines is 1. The number of nitrogens with two attached hydrogens (primary N) is 1. The van der Waals surface area contributed by atoms with Crippen LogP contribution in [-0.4, -0.2) is 23.5 Å². The molecule has 2 atom stereocenters. The van der Waals surface area contributed by atoms with Crippen LogP contribution in [0.25, 0.3) is 0 Å². The number of rotatable bonds is 6. The third kappa shape index (κ3) is 4.03. The number of amidine groups is 1. The van der Waals surface area contributed by atoms with Crippen molar-refractivity contribution in [2.75, 3.05) is 5.32 Å². The Morgan fingerprint density at radius 1 is 1.14 bits per heavy atom. The van der Waals surface area contributed by atoms with Gasteiger partial charge in [-0.25, -0.2) is 0 Å². The third-order valence-corrected chi connectivity index (χ3v) is 5.09. The Bertz CT molecular complexity index is 929. The standard InChI is InChI=1S/C23H26N4O/c1-15(2)16-8-10-19(11-9-16)27-22(28)20(23(3)12-5-13-26-23)17-6-4-7-18(14-17)21(24)25/h4-15,20H,1-3H3,(H3,24,25)(H,27,28). The van der Waals surface area contributed by atoms with Crippen molar-refractivity contribution in [1.82, 2.24) is 0 Å². The van der Waals surface area contributed by atoms with Crippen LogP contribution in [0.2, 0.25) is 0 Å². The van der Waals surface area contributed by atoms with Gasteiger partial charge in [0.1, 0.15) is 5.84 Å². The Morgan fingerprint density at radius 2 is 1.86 bits per heavy atom. The lowest BCUT2D eigenvalue weighted by Crippen LogP contribution is -2.37. The van der Waals surface area contributed by atoms with Crippen molar-refractivity contribution in [1.29, 1.82) is 5.41 Å². The van der Waals surface area contributed by atoms with Crippen LogP contribution in [0.4, 0.5) is 5.69 Å². The van der Waals surface area contributed by atoms with E-state index < -0.39 is 11.5 Å². The minimum absolute atomic E-state index is 0.0269. The molecule has 3 rings (SSSR count). The number of aliphatic imine (C=N–C) groups is 1. The highest BCUT2D eigenvalue weighted by Crippen LogP contribution is 2.36. The van der Waals surface area contributed by atoms with Gasteiger partial charge in [0.15, 0.2) is 0 Å². The summed E-state index contributed by atoms with van der Waals surface area (Å²) in [6.07, 6.45) is 5.50. The predicted molar refractivity (Wildman–Crippen MR) is 115 cm³/mol. The van der Waals surface area contributed by atoms with Crippen LogP contribution in [0, 0.1) is 5.41 Å². The fourth-order valence-electron chi connectivity index (χ4n) is 3.46. The van der Waals surface area contributed by atoms with Crippen LogP contribution >= 0.6 is 0 Å². The van der Waals surface area contributed by atoms with E-state index in [0.717, 1.165) is 11.3 Å². The van der Waals surface area contributed by atoms with E-state index in [1.807, 2.05) is 55.5 Å². The molecular weight excluding hydrogens is 348 g/mol. The van der Waals surface area contributed by atoms with E-state index in [4.69, 9.17) is 11.1 Å². The van der Waals surface area contributed by atoms with Gasteiger partial charge in [-0.1, -0.05) is 50.3 Å². The summed E-state index contributed by atoms with van der Waals surface area (Å²) >= 11 is 0. The number of nitrogens with one attached hydrogen (secondary N) is 2. The summed E-state index contributed by atoms with van der Waals surface area (Å²) in [7, 11) is 0. The molecule has 0 saturated heterocycles. The van der Waals surface area contributed by atoms with Gasteiger partial charge in [0.25, 0.3) is 0 Å². The van der Waals surface area contributed by atoms with E-state index in [1.54, 1.807) is 18.3 Å². The molecule has 0 spiro atoms. The third-order valence-electron chi connectivity index (χ3n) is 5.09. The quantitative estimate of drug-likeness (QED) is 0.522. The van der Waals surface area contributed by atoms with Crippen molar-refractivity contribution in [3.63, 3.8) is 0 Å². The monoisotopic (exact) mass is 374 g/mol. The van der Waals surface area contributed by atoms with Crippen molar-refractivity contribution in [2.45, 2.75) is 38.1 Å². The minimum Gasteiger partial charge on any atom is -0.384 e. The topological polar surface area (TPSA) is 91.3 Å². The Hall–Kier alpha value is -3.21. The normalized spacial score (nSPS) is 19.0. The molecule has 0 saturated carbocycles. The Kier molecular flexibility index (Phi) is 5.45. The maximum Gasteiger partial charge on any atom is 0.234 e. The van der Waals surface area contributed by atoms with Gasteiger partial charge in [-0.05, 0) is 48.2 Å². The average molecular weight is 374 g/mol. The highest BCUT2D eigenvalue weighted by Gasteiger charge is 2.39. The lowest BCUT2D eigenvalue weighted by Gasteiger charge is -2.30. The molecule has 1 aliphatic rings. The molecule has 144 valence electrons. The van der Waals surface area contributed by atoms with Crippen molar-refractivity contribution >= 4 is 23.6 Å². The maximum absolute atomic E-state index is 13.3. The second kappa shape index (κ2) is 7.80. The molecule has 0 aromatic heterocycles. The van der Waals surface area contributed by atoms with Crippen LogP contribution in [0.15, 0.2) is 65.7 Å². The zero-order chi connectivity index (χ0) is 20.3. The molecule has 5 nitrogen and oxygen atoms in total. The largest absolute Gasteiger partial charge is 0.384 e. The van der Waals surface area contributed by atoms with E-state index >= 15 is 0 Å². The molecule has 1 heterocycles. The molecule has 4 N–H and O–H groups in total. The average Bonchev–Trinajstić information content (AvgIpc) is 3.09. The van der Waals surface area contributed by atoms with E-state index in [9.17, 15) is 4.79 Å². The summed E-state index contributed by atoms with van der Waals surface area (Å²) in [5.74, 6) is -0.291. The fourth-order valence-corrected chi connectivity index (χ4v) is 3.46. The number of benzene rings is 2. The van der Waals surface area contributed by atoms with Gasteiger partial charge >= 0.3 is 0 Å². The number of hydrogen-bond donors (Lipinski definition) is 3. The highest BCUT2D eigenvalue weighted by molar-refractivity contribution is 5.99. The molecule has 28 heavy (non-hydrogen) atoms. The minimum atomic E-state index is -0.697. The number of allylic oxidation sites excluding steroid dienone is 1. The zero-order valence-corrected chi connectivity index (χ0v) is 16.4. The van der Waals surface area contributed by atoms with Gasteiger partial charge in [-0.2, -0.15) is 0 Å². The number of nitrogen functional groups attached to an aromatic ring is 1. The maximum atomic E-state index is 13.3. The molecule has 2 unspecified atom stereocenters. The van der Waals surface area contributed by atoms with E-state index in [-0.39, 0.29) is 11.7 Å². The molecule has 0 bridgehead atoms. The first-order chi connectivity index (χ1) is 13.3. The van der Waals surface area contributed by atoms with Crippen molar-refractivity contribution in [2.24, 2.45) is 10.7 Å². The first kappa shape index (κ1) is 19.5. The SMILES string of the molecule is CC(C)c1ccc(NC(=O)C(c2cccc(C(=N)N)c2)C2(C)C=CC=N2)cc1. The van der Waals surface area contributed by atoms with Gasteiger partial charge in [0.05, 0.1) is 11.5 Å². The van der Waals surface area contributed by atoms with Crippen molar-refractivity contribution < 1.29 is 4.79 Å². The van der Waals surface area contributed by atoms with Crippen LogP contribution in [0.5, 0.6) is 0 Å². The molecule has 1 aliphatic heterocycles. The number of nitrogens with zero attached hydrogens (tertiary/aromatic N) is 1. The van der Waals surface area contributed by atoms with Crippen molar-refractivity contribution in [3.05, 3.63) is 77.4 Å². The first-order valence-corrected chi connectivity index (χ1v) is 9.38. The number of carbonyl (C=O) groups is 1. The number of hydrogen-bond acceptors (Lipinski definition) is 3. The van der Waals surface area contributed by atoms with Gasteiger partial charge in [-0.3, -0.25) is 15.2 Å². The van der Waals surface area contributed by atoms with Crippen LogP contribution in [-0.2, 0) is 4.79 Å². The molecular formula is C23H26N4O. The smallest absolute Gasteiger partial charge is 0.234 e. The van der Waals surface area contributed by atoms with E-state index in [1.165, 1.54) is 5.56 Å². The van der Waals surface area contributed by atoms with Crippen LogP contribution < -0.4 is 11.1 Å². The molecule has 0 fully saturated rings. The molecule has 2 aromatic rings. The Labute approximate surface area is 165 Å². The van der Waals surface area contributed by atoms with Gasteiger partial charge in [0.2, 0.25) is 5.91 Å². The fraction of sp³-hybridized carbons (Fsp3) is 0.261. The number of amides is 1. The lowest BCUT2D eigenvalue weighted by molar-refractivity contribution is -0.118. The Morgan fingerprint density at radius 3 is 2.43 bits per heavy atom. The molecule has 1 amide bonds. The van der Waals surface area contributed by atoms with Gasteiger partial charge in [0, 0.05) is 17.5 Å². The summed E-state index contributed by atoms with van der Waals surface area (Å²) in [5, 5.41) is 10.7. The molecule has 0 radical (unpaired) electrons. The molecule has 5 heteroatoms. The summed E-state index contributed by atoms with van der Waals surface area (Å²) in [4.78, 5) is 17.8. The van der Waals surface area contributed by atoms with Gasteiger partial charge < -0.3 is 11.1 Å². The second-order valence-electron chi connectivity index (χ2n) is 7.60. The molecule has 2 aromatic carbocycles. The summed E-state index contributed by atoms with van der Waals surface area (Å²) in [5.41, 5.74) is 8.28. The first-order valence-electron chi connectivity index (χ1n) is 9.38. The zero-order valence-electron chi connectivity index (χ0n) is 16.4. The summed E-state index contributed by atoms with van der Waals surface area (Å²) < 4.78 is 0. The van der Waals surface area contributed by atoms with Crippen LogP contribution in [0.3, 0.4) is 0 Å². The number of carbonyl (C=O) groups excluding carboxylic acids is 1. The summed E-state index contributed by atoms with van der Waals surface area (Å²) in [6, 6.07) is 15.2.